The summed E-state index contributed by atoms with van der Waals surface area (Å²) in [6.07, 6.45) is 0. The summed E-state index contributed by atoms with van der Waals surface area (Å²) in [5, 5.41) is 0. The molecule has 68 valence electrons. The van der Waals surface area contributed by atoms with Crippen LogP contribution in [0, 0.1) is 27.7 Å². The van der Waals surface area contributed by atoms with Gasteiger partial charge in [-0.15, -0.1) is 12.6 Å². The van der Waals surface area contributed by atoms with E-state index in [0.717, 1.165) is 4.90 Å². The highest BCUT2D eigenvalue weighted by Gasteiger charge is 2.03. The molecular formula is C11H18S. The second-order valence-corrected chi connectivity index (χ2v) is 3.57. The van der Waals surface area contributed by atoms with Gasteiger partial charge in [-0.05, 0) is 56.0 Å². The van der Waals surface area contributed by atoms with Crippen LogP contribution in [-0.2, 0) is 0 Å². The summed E-state index contributed by atoms with van der Waals surface area (Å²) >= 11 is 4.38. The highest BCUT2D eigenvalue weighted by Crippen LogP contribution is 2.23. The summed E-state index contributed by atoms with van der Waals surface area (Å²) in [6, 6.07) is 2.13. The van der Waals surface area contributed by atoms with Crippen LogP contribution in [0.4, 0.5) is 0 Å². The van der Waals surface area contributed by atoms with Crippen molar-refractivity contribution in [1.29, 1.82) is 0 Å². The lowest BCUT2D eigenvalue weighted by Crippen LogP contribution is -1.91. The zero-order valence-electron chi connectivity index (χ0n) is 7.52. The van der Waals surface area contributed by atoms with Crippen LogP contribution < -0.4 is 0 Å². The Labute approximate surface area is 81.4 Å². The molecule has 0 nitrogen and oxygen atoms in total. The van der Waals surface area contributed by atoms with Crippen molar-refractivity contribution in [3.8, 4) is 0 Å². The number of rotatable bonds is 0. The van der Waals surface area contributed by atoms with Crippen LogP contribution in [0.5, 0.6) is 0 Å². The molecule has 0 atom stereocenters. The fourth-order valence-corrected chi connectivity index (χ4v) is 1.55. The van der Waals surface area contributed by atoms with E-state index in [1.165, 1.54) is 22.3 Å². The molecule has 0 aromatic heterocycles. The van der Waals surface area contributed by atoms with Gasteiger partial charge in [0.1, 0.15) is 0 Å². The summed E-state index contributed by atoms with van der Waals surface area (Å²) in [7, 11) is 0. The third-order valence-electron chi connectivity index (χ3n) is 2.45. The van der Waals surface area contributed by atoms with Gasteiger partial charge < -0.3 is 0 Å². The van der Waals surface area contributed by atoms with E-state index in [2.05, 4.69) is 46.4 Å². The molecule has 0 fully saturated rings. The van der Waals surface area contributed by atoms with Crippen LogP contribution in [0.15, 0.2) is 11.0 Å². The number of benzene rings is 1. The van der Waals surface area contributed by atoms with Crippen molar-refractivity contribution in [2.45, 2.75) is 40.0 Å². The molecule has 0 unspecified atom stereocenters. The SMILES string of the molecule is C.Cc1cc(S)c(C)c(C)c1C. The fourth-order valence-electron chi connectivity index (χ4n) is 1.19. The first kappa shape index (κ1) is 11.6. The molecule has 0 saturated carbocycles. The Bertz CT molecular complexity index is 261. The molecule has 0 N–H and O–H groups in total. The van der Waals surface area contributed by atoms with Gasteiger partial charge in [0.15, 0.2) is 0 Å². The van der Waals surface area contributed by atoms with Crippen molar-refractivity contribution in [2.24, 2.45) is 0 Å². The molecule has 1 aromatic carbocycles. The number of aryl methyl sites for hydroxylation is 1. The van der Waals surface area contributed by atoms with E-state index < -0.39 is 0 Å². The molecule has 0 radical (unpaired) electrons. The molecule has 12 heavy (non-hydrogen) atoms. The summed E-state index contributed by atoms with van der Waals surface area (Å²) < 4.78 is 0. The Kier molecular flexibility index (Phi) is 3.85. The Hall–Kier alpha value is -0.430. The van der Waals surface area contributed by atoms with Gasteiger partial charge >= 0.3 is 0 Å². The van der Waals surface area contributed by atoms with Gasteiger partial charge in [0, 0.05) is 4.90 Å². The Morgan fingerprint density at radius 1 is 0.917 bits per heavy atom. The molecule has 0 heterocycles. The number of thiol groups is 1. The largest absolute Gasteiger partial charge is 0.143 e. The zero-order valence-corrected chi connectivity index (χ0v) is 8.42. The van der Waals surface area contributed by atoms with E-state index in [4.69, 9.17) is 0 Å². The predicted molar refractivity (Wildman–Crippen MR) is 59.4 cm³/mol. The lowest BCUT2D eigenvalue weighted by molar-refractivity contribution is 1.15. The van der Waals surface area contributed by atoms with Crippen LogP contribution in [-0.4, -0.2) is 0 Å². The van der Waals surface area contributed by atoms with E-state index in [0.29, 0.717) is 0 Å². The van der Waals surface area contributed by atoms with Crippen LogP contribution in [0.25, 0.3) is 0 Å². The van der Waals surface area contributed by atoms with Gasteiger partial charge in [-0.1, -0.05) is 7.43 Å². The molecule has 0 aliphatic heterocycles. The smallest absolute Gasteiger partial charge is 0.00747 e. The third kappa shape index (κ3) is 1.84. The van der Waals surface area contributed by atoms with Gasteiger partial charge in [-0.3, -0.25) is 0 Å². The van der Waals surface area contributed by atoms with Gasteiger partial charge in [-0.2, -0.15) is 0 Å². The van der Waals surface area contributed by atoms with E-state index in [9.17, 15) is 0 Å². The van der Waals surface area contributed by atoms with E-state index in [-0.39, 0.29) is 7.43 Å². The summed E-state index contributed by atoms with van der Waals surface area (Å²) in [5.41, 5.74) is 5.39. The maximum Gasteiger partial charge on any atom is 0.00747 e. The van der Waals surface area contributed by atoms with Crippen molar-refractivity contribution in [3.05, 3.63) is 28.3 Å². The molecule has 0 saturated heterocycles. The van der Waals surface area contributed by atoms with Crippen molar-refractivity contribution < 1.29 is 0 Å². The molecule has 1 aromatic rings. The van der Waals surface area contributed by atoms with E-state index >= 15 is 0 Å². The van der Waals surface area contributed by atoms with Crippen molar-refractivity contribution in [3.63, 3.8) is 0 Å². The highest BCUT2D eigenvalue weighted by atomic mass is 32.1. The van der Waals surface area contributed by atoms with Crippen LogP contribution >= 0.6 is 12.6 Å². The number of hydrogen-bond acceptors (Lipinski definition) is 1. The molecule has 0 bridgehead atoms. The highest BCUT2D eigenvalue weighted by molar-refractivity contribution is 7.80. The average molecular weight is 182 g/mol. The van der Waals surface area contributed by atoms with Crippen LogP contribution in [0.3, 0.4) is 0 Å². The first-order chi connectivity index (χ1) is 5.04. The normalized spacial score (nSPS) is 9.42. The minimum Gasteiger partial charge on any atom is -0.143 e. The van der Waals surface area contributed by atoms with E-state index in [1.54, 1.807) is 0 Å². The summed E-state index contributed by atoms with van der Waals surface area (Å²) in [4.78, 5) is 1.10. The third-order valence-corrected chi connectivity index (χ3v) is 2.92. The number of hydrogen-bond donors (Lipinski definition) is 1. The van der Waals surface area contributed by atoms with Gasteiger partial charge in [-0.25, -0.2) is 0 Å². The average Bonchev–Trinajstić information content (AvgIpc) is 1.97. The zero-order chi connectivity index (χ0) is 8.59. The lowest BCUT2D eigenvalue weighted by atomic mass is 10.00. The van der Waals surface area contributed by atoms with Gasteiger partial charge in [0.2, 0.25) is 0 Å². The quantitative estimate of drug-likeness (QED) is 0.579. The molecule has 1 heteroatoms. The maximum atomic E-state index is 4.38. The second kappa shape index (κ2) is 3.99. The van der Waals surface area contributed by atoms with Gasteiger partial charge in [0.05, 0.1) is 0 Å². The topological polar surface area (TPSA) is 0 Å². The Morgan fingerprint density at radius 2 is 1.42 bits per heavy atom. The predicted octanol–water partition coefficient (Wildman–Crippen LogP) is 3.85. The summed E-state index contributed by atoms with van der Waals surface area (Å²) in [5.74, 6) is 0. The van der Waals surface area contributed by atoms with E-state index in [1.807, 2.05) is 0 Å². The second-order valence-electron chi connectivity index (χ2n) is 3.09. The first-order valence-electron chi connectivity index (χ1n) is 3.80. The van der Waals surface area contributed by atoms with Crippen LogP contribution in [0.1, 0.15) is 29.7 Å². The fraction of sp³-hybridized carbons (Fsp3) is 0.455. The Balaban J connectivity index is 0.00000121. The standard InChI is InChI=1S/C10H14S.CH4/c1-6-5-10(11)9(4)8(3)7(6)2;/h5,11H,1-4H3;1H4. The summed E-state index contributed by atoms with van der Waals surface area (Å²) in [6.45, 7) is 8.55. The lowest BCUT2D eigenvalue weighted by Gasteiger charge is -2.09. The molecule has 1 rings (SSSR count). The van der Waals surface area contributed by atoms with Crippen molar-refractivity contribution in [2.75, 3.05) is 0 Å². The maximum absolute atomic E-state index is 4.38. The Morgan fingerprint density at radius 3 is 1.92 bits per heavy atom. The van der Waals surface area contributed by atoms with Crippen molar-refractivity contribution in [1.82, 2.24) is 0 Å². The molecule has 0 aliphatic rings. The first-order valence-corrected chi connectivity index (χ1v) is 4.25. The van der Waals surface area contributed by atoms with Crippen molar-refractivity contribution >= 4 is 12.6 Å². The molecular weight excluding hydrogens is 164 g/mol. The minimum absolute atomic E-state index is 0. The monoisotopic (exact) mass is 182 g/mol. The minimum atomic E-state index is 0. The molecule has 0 spiro atoms. The van der Waals surface area contributed by atoms with Gasteiger partial charge in [0.25, 0.3) is 0 Å². The molecule has 0 amide bonds. The van der Waals surface area contributed by atoms with Crippen LogP contribution in [0.2, 0.25) is 0 Å². The molecule has 0 aliphatic carbocycles.